The Bertz CT molecular complexity index is 1850. The number of rotatable bonds is 8. The molecule has 1 saturated heterocycles. The van der Waals surface area contributed by atoms with Gasteiger partial charge in [-0.15, -0.1) is 0 Å². The number of fused-ring (bicyclic) bond motifs is 1. The Balaban J connectivity index is 1.37. The predicted molar refractivity (Wildman–Crippen MR) is 187 cm³/mol. The Morgan fingerprint density at radius 3 is 2.51 bits per heavy atom. The summed E-state index contributed by atoms with van der Waals surface area (Å²) in [4.78, 5) is 41.1. The van der Waals surface area contributed by atoms with Crippen LogP contribution in [-0.2, 0) is 4.79 Å². The second kappa shape index (κ2) is 14.0. The normalized spacial score (nSPS) is 18.8. The van der Waals surface area contributed by atoms with Crippen molar-refractivity contribution in [1.82, 2.24) is 24.8 Å². The van der Waals surface area contributed by atoms with E-state index in [0.29, 0.717) is 52.9 Å². The maximum Gasteiger partial charge on any atom is 0.260 e. The van der Waals surface area contributed by atoms with E-state index < -0.39 is 5.82 Å². The second-order valence-electron chi connectivity index (χ2n) is 12.9. The molecular formula is C36H43ClFN7O2. The van der Waals surface area contributed by atoms with Crippen LogP contribution < -0.4 is 21.1 Å². The molecule has 6 rings (SSSR count). The highest BCUT2D eigenvalue weighted by Crippen LogP contribution is 2.36. The number of piperazine rings is 1. The molecule has 1 aliphatic heterocycles. The van der Waals surface area contributed by atoms with Crippen molar-refractivity contribution in [1.29, 1.82) is 0 Å². The Hall–Kier alpha value is -4.02. The highest BCUT2D eigenvalue weighted by Gasteiger charge is 2.29. The van der Waals surface area contributed by atoms with Crippen molar-refractivity contribution in [3.63, 3.8) is 0 Å². The zero-order valence-electron chi connectivity index (χ0n) is 27.6. The number of nitrogens with zero attached hydrogens (tertiary/aromatic N) is 5. The van der Waals surface area contributed by atoms with E-state index in [-0.39, 0.29) is 28.6 Å². The molecule has 1 saturated carbocycles. The van der Waals surface area contributed by atoms with Crippen LogP contribution in [0, 0.1) is 19.7 Å². The fourth-order valence-corrected chi connectivity index (χ4v) is 7.24. The lowest BCUT2D eigenvalue weighted by molar-refractivity contribution is -0.122. The monoisotopic (exact) mass is 659 g/mol. The van der Waals surface area contributed by atoms with Crippen LogP contribution in [0.25, 0.3) is 22.2 Å². The molecule has 1 amide bonds. The van der Waals surface area contributed by atoms with Crippen LogP contribution >= 0.6 is 11.6 Å². The van der Waals surface area contributed by atoms with Gasteiger partial charge in [0.15, 0.2) is 0 Å². The average Bonchev–Trinajstić information content (AvgIpc) is 3.04. The Morgan fingerprint density at radius 1 is 1.06 bits per heavy atom. The fourth-order valence-electron chi connectivity index (χ4n) is 7.02. The number of amides is 1. The Labute approximate surface area is 280 Å². The lowest BCUT2D eigenvalue weighted by Crippen LogP contribution is -2.44. The summed E-state index contributed by atoms with van der Waals surface area (Å²) in [7, 11) is 2.15. The summed E-state index contributed by atoms with van der Waals surface area (Å²) in [5.74, 6) is -0.135. The number of aryl methyl sites for hydroxylation is 2. The minimum atomic E-state index is -0.581. The van der Waals surface area contributed by atoms with E-state index in [0.717, 1.165) is 56.7 Å². The van der Waals surface area contributed by atoms with E-state index in [1.165, 1.54) is 11.8 Å². The van der Waals surface area contributed by atoms with Crippen LogP contribution in [0.2, 0.25) is 5.02 Å². The molecule has 0 bridgehead atoms. The molecule has 3 heterocycles. The number of anilines is 3. The molecule has 2 aromatic carbocycles. The van der Waals surface area contributed by atoms with Crippen LogP contribution in [-0.4, -0.2) is 64.6 Å². The topological polar surface area (TPSA) is 95.4 Å². The van der Waals surface area contributed by atoms with Gasteiger partial charge in [0, 0.05) is 73.2 Å². The molecule has 9 nitrogen and oxygen atoms in total. The third-order valence-corrected chi connectivity index (χ3v) is 10.0. The largest absolute Gasteiger partial charge is 0.369 e. The van der Waals surface area contributed by atoms with Crippen molar-refractivity contribution in [2.24, 2.45) is 0 Å². The molecule has 11 heteroatoms. The first-order valence-corrected chi connectivity index (χ1v) is 17.0. The second-order valence-corrected chi connectivity index (χ2v) is 13.3. The van der Waals surface area contributed by atoms with Crippen molar-refractivity contribution in [3.8, 4) is 11.1 Å². The molecule has 1 aliphatic carbocycles. The lowest BCUT2D eigenvalue weighted by atomic mass is 9.90. The summed E-state index contributed by atoms with van der Waals surface area (Å²) in [6.07, 6.45) is 5.89. The summed E-state index contributed by atoms with van der Waals surface area (Å²) in [5, 5.41) is 7.12. The smallest absolute Gasteiger partial charge is 0.260 e. The van der Waals surface area contributed by atoms with E-state index in [1.807, 2.05) is 19.9 Å². The number of pyridine rings is 1. The zero-order chi connectivity index (χ0) is 33.2. The Kier molecular flexibility index (Phi) is 9.80. The summed E-state index contributed by atoms with van der Waals surface area (Å²) in [6, 6.07) is 10.7. The third-order valence-electron chi connectivity index (χ3n) is 9.63. The summed E-state index contributed by atoms with van der Waals surface area (Å²) >= 11 is 6.44. The van der Waals surface area contributed by atoms with Crippen LogP contribution in [0.4, 0.5) is 21.7 Å². The van der Waals surface area contributed by atoms with Gasteiger partial charge in [-0.25, -0.2) is 9.37 Å². The number of carbonyl (C=O) groups is 1. The Morgan fingerprint density at radius 2 is 1.81 bits per heavy atom. The minimum Gasteiger partial charge on any atom is -0.369 e. The molecule has 2 aliphatic rings. The number of carbonyl (C=O) groups excluding carboxylic acids is 1. The van der Waals surface area contributed by atoms with Gasteiger partial charge in [-0.2, -0.15) is 4.98 Å². The quantitative estimate of drug-likeness (QED) is 0.216. The number of benzene rings is 2. The SMILES string of the molecule is CCCC(=O)NC1CCC(n2c(=O)c(-c3cccc(F)c3Cl)c(C)c3cnc(Nc4ccc(N5CCN(C)CC5)c(C)c4)nc32)CC1. The van der Waals surface area contributed by atoms with E-state index in [9.17, 15) is 14.0 Å². The van der Waals surface area contributed by atoms with Gasteiger partial charge in [0.25, 0.3) is 5.56 Å². The first-order chi connectivity index (χ1) is 22.6. The predicted octanol–water partition coefficient (Wildman–Crippen LogP) is 6.76. The average molecular weight is 660 g/mol. The van der Waals surface area contributed by atoms with Crippen molar-refractivity contribution in [3.05, 3.63) is 74.9 Å². The molecule has 47 heavy (non-hydrogen) atoms. The summed E-state index contributed by atoms with van der Waals surface area (Å²) < 4.78 is 16.4. The highest BCUT2D eigenvalue weighted by atomic mass is 35.5. The van der Waals surface area contributed by atoms with Crippen molar-refractivity contribution in [2.45, 2.75) is 71.4 Å². The van der Waals surface area contributed by atoms with Gasteiger partial charge in [0.2, 0.25) is 11.9 Å². The number of aromatic nitrogens is 3. The summed E-state index contributed by atoms with van der Waals surface area (Å²) in [5.41, 5.74) is 4.84. The zero-order valence-corrected chi connectivity index (χ0v) is 28.3. The van der Waals surface area contributed by atoms with Crippen molar-refractivity contribution in [2.75, 3.05) is 43.4 Å². The van der Waals surface area contributed by atoms with Crippen LogP contribution in [0.15, 0.2) is 47.4 Å². The molecule has 4 aromatic rings. The lowest BCUT2D eigenvalue weighted by Gasteiger charge is -2.35. The summed E-state index contributed by atoms with van der Waals surface area (Å²) in [6.45, 7) is 9.99. The van der Waals surface area contributed by atoms with E-state index in [2.05, 4.69) is 51.5 Å². The van der Waals surface area contributed by atoms with Gasteiger partial charge < -0.3 is 20.4 Å². The van der Waals surface area contributed by atoms with Gasteiger partial charge >= 0.3 is 0 Å². The van der Waals surface area contributed by atoms with Gasteiger partial charge in [-0.05, 0) is 88.4 Å². The molecule has 0 spiro atoms. The van der Waals surface area contributed by atoms with Crippen LogP contribution in [0.1, 0.15) is 62.6 Å². The molecule has 0 unspecified atom stereocenters. The van der Waals surface area contributed by atoms with Gasteiger partial charge in [-0.3, -0.25) is 14.2 Å². The number of likely N-dealkylation sites (N-methyl/N-ethyl adjacent to an activating group) is 1. The van der Waals surface area contributed by atoms with Crippen molar-refractivity contribution < 1.29 is 9.18 Å². The molecule has 0 atom stereocenters. The first kappa shape index (κ1) is 32.9. The van der Waals surface area contributed by atoms with Crippen molar-refractivity contribution >= 4 is 45.9 Å². The number of hydrogen-bond acceptors (Lipinski definition) is 7. The van der Waals surface area contributed by atoms with Gasteiger partial charge in [0.05, 0.1) is 10.6 Å². The number of hydrogen-bond donors (Lipinski definition) is 2. The van der Waals surface area contributed by atoms with Crippen LogP contribution in [0.3, 0.4) is 0 Å². The minimum absolute atomic E-state index is 0.0622. The molecule has 2 fully saturated rings. The standard InChI is InChI=1S/C36H43ClFN7O2/c1-5-7-31(46)40-24-10-13-26(14-11-24)45-34-28(23(3)32(35(45)47)27-8-6-9-29(38)33(27)37)21-39-36(42-34)41-25-12-15-30(22(2)20-25)44-18-16-43(4)17-19-44/h6,8-9,12,15,20-21,24,26H,5,7,10-11,13-14,16-19H2,1-4H3,(H,40,46)(H,39,41,42). The van der Waals surface area contributed by atoms with Gasteiger partial charge in [-0.1, -0.05) is 30.7 Å². The van der Waals surface area contributed by atoms with E-state index in [4.69, 9.17) is 16.6 Å². The highest BCUT2D eigenvalue weighted by molar-refractivity contribution is 6.33. The molecular weight excluding hydrogens is 617 g/mol. The molecule has 2 aromatic heterocycles. The molecule has 2 N–H and O–H groups in total. The van der Waals surface area contributed by atoms with E-state index >= 15 is 0 Å². The first-order valence-electron chi connectivity index (χ1n) is 16.6. The van der Waals surface area contributed by atoms with Crippen LogP contribution in [0.5, 0.6) is 0 Å². The maximum atomic E-state index is 14.6. The third kappa shape index (κ3) is 6.85. The number of nitrogens with one attached hydrogen (secondary N) is 2. The maximum absolute atomic E-state index is 14.6. The van der Waals surface area contributed by atoms with E-state index in [1.54, 1.807) is 22.9 Å². The van der Waals surface area contributed by atoms with Gasteiger partial charge in [0.1, 0.15) is 11.5 Å². The number of halogens is 2. The fraction of sp³-hybridized carbons (Fsp3) is 0.444. The molecule has 0 radical (unpaired) electrons. The molecule has 248 valence electrons.